The third-order valence-corrected chi connectivity index (χ3v) is 10.8. The van der Waals surface area contributed by atoms with E-state index in [1.165, 1.54) is 30.6 Å². The molecule has 1 unspecified atom stereocenters. The van der Waals surface area contributed by atoms with Gasteiger partial charge in [-0.05, 0) is 49.3 Å². The molecule has 0 radical (unpaired) electrons. The molecule has 6 heterocycles. The molecule has 48 heavy (non-hydrogen) atoms. The van der Waals surface area contributed by atoms with Crippen LogP contribution in [0, 0.1) is 23.0 Å². The average Bonchev–Trinajstić information content (AvgIpc) is 3.72. The molecule has 3 aromatic heterocycles. The molecular formula is C35H38F2N6O4S. The van der Waals surface area contributed by atoms with Crippen LogP contribution in [0.2, 0.25) is 0 Å². The number of hydrogen-bond acceptors (Lipinski definition) is 8. The number of amides is 2. The van der Waals surface area contributed by atoms with Crippen LogP contribution in [0.1, 0.15) is 31.5 Å². The molecule has 2 saturated heterocycles. The van der Waals surface area contributed by atoms with Gasteiger partial charge < -0.3 is 24.2 Å². The number of halogens is 2. The van der Waals surface area contributed by atoms with E-state index >= 15 is 4.39 Å². The van der Waals surface area contributed by atoms with E-state index in [4.69, 9.17) is 19.6 Å². The van der Waals surface area contributed by atoms with E-state index in [-0.39, 0.29) is 42.4 Å². The number of thiophene rings is 1. The Hall–Kier alpha value is -4.36. The summed E-state index contributed by atoms with van der Waals surface area (Å²) in [5.74, 6) is -0.536. The number of carbonyl (C=O) groups is 2. The number of benzene rings is 1. The summed E-state index contributed by atoms with van der Waals surface area (Å²) in [5.41, 5.74) is 1.74. The second-order valence-electron chi connectivity index (χ2n) is 13.1. The molecule has 0 spiro atoms. The lowest BCUT2D eigenvalue weighted by molar-refractivity contribution is -0.149. The van der Waals surface area contributed by atoms with Gasteiger partial charge in [-0.25, -0.2) is 13.8 Å². The van der Waals surface area contributed by atoms with Gasteiger partial charge in [-0.15, -0.1) is 11.3 Å². The summed E-state index contributed by atoms with van der Waals surface area (Å²) in [6, 6.07) is 5.59. The first-order chi connectivity index (χ1) is 23.0. The fourth-order valence-corrected chi connectivity index (χ4v) is 8.71. The fraction of sp³-hybridized carbons (Fsp3) is 0.429. The summed E-state index contributed by atoms with van der Waals surface area (Å²) in [6.07, 6.45) is 2.99. The molecule has 4 aliphatic rings. The van der Waals surface area contributed by atoms with Crippen LogP contribution >= 0.6 is 11.3 Å². The molecule has 1 saturated carbocycles. The van der Waals surface area contributed by atoms with Crippen LogP contribution in [0.5, 0.6) is 5.75 Å². The quantitative estimate of drug-likeness (QED) is 0.170. The molecule has 8 rings (SSSR count). The van der Waals surface area contributed by atoms with Crippen molar-refractivity contribution in [1.29, 1.82) is 0 Å². The number of nitrogens with zero attached hydrogens (tertiary/aromatic N) is 6. The number of pyridine rings is 1. The second-order valence-corrected chi connectivity index (χ2v) is 14.1. The lowest BCUT2D eigenvalue weighted by atomic mass is 9.58. The summed E-state index contributed by atoms with van der Waals surface area (Å²) >= 11 is 1.43. The third-order valence-electron chi connectivity index (χ3n) is 9.85. The molecule has 3 fully saturated rings. The lowest BCUT2D eigenvalue weighted by Crippen LogP contribution is -2.62. The summed E-state index contributed by atoms with van der Waals surface area (Å²) in [7, 11) is 5.11. The first-order valence-electron chi connectivity index (χ1n) is 16.1. The monoisotopic (exact) mass is 676 g/mol. The predicted molar refractivity (Wildman–Crippen MR) is 180 cm³/mol. The number of aromatic nitrogens is 3. The molecule has 1 atom stereocenters. The number of ether oxygens (including phenoxy) is 2. The molecule has 1 aliphatic carbocycles. The summed E-state index contributed by atoms with van der Waals surface area (Å²) in [5, 5.41) is 7.69. The SMILES string of the molecule is C=CC(=O)N1CCn2nc(-c3nc(N4CC5CC(C(=O)N(C)C)(C5)C4)c4ccsc4c3-c3c(F)cc(F)cc3OCCOC)cc2C1C. The topological polar surface area (TPSA) is 93.0 Å². The summed E-state index contributed by atoms with van der Waals surface area (Å²) < 4.78 is 44.5. The Balaban J connectivity index is 1.44. The number of piperidine rings is 2. The van der Waals surface area contributed by atoms with Gasteiger partial charge in [0, 0.05) is 68.6 Å². The smallest absolute Gasteiger partial charge is 0.246 e. The van der Waals surface area contributed by atoms with Crippen molar-refractivity contribution >= 4 is 39.1 Å². The number of hydrogen-bond donors (Lipinski definition) is 0. The molecule has 0 N–H and O–H groups in total. The Morgan fingerprint density at radius 2 is 1.96 bits per heavy atom. The number of methoxy groups -OCH3 is 1. The molecule has 13 heteroatoms. The Kier molecular flexibility index (Phi) is 8.23. The highest BCUT2D eigenvalue weighted by Gasteiger charge is 2.56. The minimum atomic E-state index is -0.789. The van der Waals surface area contributed by atoms with Crippen molar-refractivity contribution in [2.75, 3.05) is 59.0 Å². The molecule has 10 nitrogen and oxygen atoms in total. The fourth-order valence-electron chi connectivity index (χ4n) is 7.77. The zero-order chi connectivity index (χ0) is 33.9. The predicted octanol–water partition coefficient (Wildman–Crippen LogP) is 5.52. The Morgan fingerprint density at radius 3 is 2.69 bits per heavy atom. The maximum Gasteiger partial charge on any atom is 0.246 e. The number of anilines is 1. The van der Waals surface area contributed by atoms with Crippen LogP contribution in [-0.2, 0) is 20.9 Å². The van der Waals surface area contributed by atoms with E-state index in [0.29, 0.717) is 48.3 Å². The van der Waals surface area contributed by atoms with Gasteiger partial charge in [-0.2, -0.15) is 5.10 Å². The minimum absolute atomic E-state index is 0.0323. The van der Waals surface area contributed by atoms with Crippen LogP contribution in [0.15, 0.2) is 42.3 Å². The zero-order valence-corrected chi connectivity index (χ0v) is 28.3. The van der Waals surface area contributed by atoms with Gasteiger partial charge in [-0.3, -0.25) is 14.3 Å². The van der Waals surface area contributed by atoms with Crippen molar-refractivity contribution in [3.8, 4) is 28.3 Å². The number of carbonyl (C=O) groups excluding carboxylic acids is 2. The van der Waals surface area contributed by atoms with Gasteiger partial charge in [0.15, 0.2) is 0 Å². The maximum absolute atomic E-state index is 16.1. The first-order valence-corrected chi connectivity index (χ1v) is 16.9. The molecule has 2 bridgehead atoms. The maximum atomic E-state index is 16.1. The van der Waals surface area contributed by atoms with Crippen LogP contribution in [0.3, 0.4) is 0 Å². The van der Waals surface area contributed by atoms with Crippen LogP contribution in [0.25, 0.3) is 32.6 Å². The molecular weight excluding hydrogens is 638 g/mol. The average molecular weight is 677 g/mol. The zero-order valence-electron chi connectivity index (χ0n) is 27.5. The van der Waals surface area contributed by atoms with E-state index in [9.17, 15) is 14.0 Å². The van der Waals surface area contributed by atoms with E-state index in [2.05, 4.69) is 11.5 Å². The van der Waals surface area contributed by atoms with E-state index in [1.807, 2.05) is 29.1 Å². The normalized spacial score (nSPS) is 21.5. The van der Waals surface area contributed by atoms with Gasteiger partial charge in [-0.1, -0.05) is 6.58 Å². The standard InChI is InChI=1S/C35H38F2N6O4S/c1-6-28(44)42-8-9-43-26(20(42)2)15-25(39-43)31-30(29-24(37)13-22(36)14-27(29)47-11-10-46-5)32-23(7-12-48-32)33(38-31)41-18-21-16-35(17-21,19-41)34(45)40(3)4/h6-7,12-15,20-21H,1,8-11,16-19H2,2-5H3. The number of rotatable bonds is 9. The van der Waals surface area contributed by atoms with E-state index < -0.39 is 17.0 Å². The third kappa shape index (κ3) is 5.23. The van der Waals surface area contributed by atoms with Crippen molar-refractivity contribution < 1.29 is 27.8 Å². The molecule has 2 amide bonds. The van der Waals surface area contributed by atoms with Crippen LogP contribution in [-0.4, -0.2) is 90.4 Å². The largest absolute Gasteiger partial charge is 0.490 e. The van der Waals surface area contributed by atoms with E-state index in [0.717, 1.165) is 41.2 Å². The first kappa shape index (κ1) is 32.2. The van der Waals surface area contributed by atoms with Crippen molar-refractivity contribution in [3.63, 3.8) is 0 Å². The Bertz CT molecular complexity index is 1930. The lowest BCUT2D eigenvalue weighted by Gasteiger charge is -2.56. The summed E-state index contributed by atoms with van der Waals surface area (Å²) in [6.45, 7) is 8.07. The van der Waals surface area contributed by atoms with Gasteiger partial charge in [0.25, 0.3) is 0 Å². The Labute approximate surface area is 281 Å². The van der Waals surface area contributed by atoms with E-state index in [1.54, 1.807) is 23.9 Å². The second kappa shape index (κ2) is 12.3. The highest BCUT2D eigenvalue weighted by atomic mass is 32.1. The molecule has 3 aliphatic heterocycles. The van der Waals surface area contributed by atoms with Crippen molar-refractivity contribution in [1.82, 2.24) is 24.6 Å². The molecule has 4 aromatic rings. The highest BCUT2D eigenvalue weighted by Crippen LogP contribution is 2.54. The van der Waals surface area contributed by atoms with Crippen molar-refractivity contribution in [3.05, 3.63) is 59.6 Å². The highest BCUT2D eigenvalue weighted by molar-refractivity contribution is 7.18. The van der Waals surface area contributed by atoms with Gasteiger partial charge in [0.1, 0.15) is 41.2 Å². The number of fused-ring (bicyclic) bond motifs is 4. The van der Waals surface area contributed by atoms with Crippen molar-refractivity contribution in [2.24, 2.45) is 11.3 Å². The Morgan fingerprint density at radius 1 is 1.17 bits per heavy atom. The van der Waals surface area contributed by atoms with Gasteiger partial charge >= 0.3 is 0 Å². The molecule has 1 aromatic carbocycles. The minimum Gasteiger partial charge on any atom is -0.490 e. The van der Waals surface area contributed by atoms with Gasteiger partial charge in [0.05, 0.1) is 35.9 Å². The summed E-state index contributed by atoms with van der Waals surface area (Å²) in [4.78, 5) is 36.9. The molecule has 252 valence electrons. The van der Waals surface area contributed by atoms with Crippen LogP contribution < -0.4 is 9.64 Å². The van der Waals surface area contributed by atoms with Gasteiger partial charge in [0.2, 0.25) is 11.8 Å². The van der Waals surface area contributed by atoms with Crippen LogP contribution in [0.4, 0.5) is 14.6 Å². The van der Waals surface area contributed by atoms with Crippen molar-refractivity contribution in [2.45, 2.75) is 32.4 Å².